The highest BCUT2D eigenvalue weighted by Gasteiger charge is 2.31. The fraction of sp³-hybridized carbons (Fsp3) is 0.316. The predicted octanol–water partition coefficient (Wildman–Crippen LogP) is 5.25. The number of carbonyl (C=O) groups excluding carboxylic acids is 1. The molecule has 0 aliphatic heterocycles. The average molecular weight is 314 g/mol. The fourth-order valence-corrected chi connectivity index (χ4v) is 3.38. The van der Waals surface area contributed by atoms with Gasteiger partial charge in [-0.05, 0) is 30.5 Å². The van der Waals surface area contributed by atoms with Gasteiger partial charge in [-0.15, -0.1) is 0 Å². The summed E-state index contributed by atoms with van der Waals surface area (Å²) in [5, 5.41) is 4.20. The third kappa shape index (κ3) is 3.33. The number of hydrogen-bond acceptors (Lipinski definition) is 2. The largest absolute Gasteiger partial charge is 0.376 e. The van der Waals surface area contributed by atoms with E-state index >= 15 is 0 Å². The molecule has 1 fully saturated rings. The highest BCUT2D eigenvalue weighted by atomic mass is 35.5. The van der Waals surface area contributed by atoms with Crippen molar-refractivity contribution in [1.82, 2.24) is 0 Å². The van der Waals surface area contributed by atoms with Gasteiger partial charge in [0.25, 0.3) is 0 Å². The van der Waals surface area contributed by atoms with Gasteiger partial charge in [0.15, 0.2) is 0 Å². The van der Waals surface area contributed by atoms with Crippen LogP contribution in [0.25, 0.3) is 0 Å². The van der Waals surface area contributed by atoms with Gasteiger partial charge in [0.05, 0.1) is 16.8 Å². The number of carbonyl (C=O) groups is 1. The number of halogens is 1. The van der Waals surface area contributed by atoms with Crippen LogP contribution in [-0.4, -0.2) is 5.78 Å². The number of para-hydroxylation sites is 1. The lowest BCUT2D eigenvalue weighted by Crippen LogP contribution is -2.30. The molecule has 2 atom stereocenters. The molecule has 0 saturated heterocycles. The first-order chi connectivity index (χ1) is 10.8. The Labute approximate surface area is 136 Å². The van der Waals surface area contributed by atoms with E-state index in [2.05, 4.69) is 17.4 Å². The van der Waals surface area contributed by atoms with Gasteiger partial charge >= 0.3 is 0 Å². The van der Waals surface area contributed by atoms with Gasteiger partial charge < -0.3 is 5.32 Å². The van der Waals surface area contributed by atoms with E-state index in [1.165, 1.54) is 0 Å². The van der Waals surface area contributed by atoms with Crippen molar-refractivity contribution in [1.29, 1.82) is 0 Å². The summed E-state index contributed by atoms with van der Waals surface area (Å²) in [4.78, 5) is 12.4. The molecule has 3 rings (SSSR count). The minimum Gasteiger partial charge on any atom is -0.376 e. The summed E-state index contributed by atoms with van der Waals surface area (Å²) in [6, 6.07) is 17.9. The maximum atomic E-state index is 12.4. The van der Waals surface area contributed by atoms with Crippen LogP contribution in [0.15, 0.2) is 54.6 Å². The van der Waals surface area contributed by atoms with Gasteiger partial charge in [-0.3, -0.25) is 4.79 Å². The van der Waals surface area contributed by atoms with Crippen molar-refractivity contribution in [3.8, 4) is 0 Å². The summed E-state index contributed by atoms with van der Waals surface area (Å²) >= 11 is 6.28. The van der Waals surface area contributed by atoms with Gasteiger partial charge in [0, 0.05) is 12.3 Å². The molecule has 2 aromatic rings. The van der Waals surface area contributed by atoms with E-state index in [-0.39, 0.29) is 12.0 Å². The minimum absolute atomic E-state index is 0.0195. The Balaban J connectivity index is 1.93. The molecule has 0 radical (unpaired) electrons. The number of nitrogens with one attached hydrogen (secondary N) is 1. The van der Waals surface area contributed by atoms with Gasteiger partial charge in [-0.1, -0.05) is 60.5 Å². The number of benzene rings is 2. The third-order valence-corrected chi connectivity index (χ3v) is 4.68. The molecule has 1 N–H and O–H groups in total. The molecular weight excluding hydrogens is 294 g/mol. The number of ketones is 1. The molecule has 0 unspecified atom stereocenters. The van der Waals surface area contributed by atoms with Crippen molar-refractivity contribution >= 4 is 23.1 Å². The van der Waals surface area contributed by atoms with Gasteiger partial charge in [-0.2, -0.15) is 0 Å². The molecule has 0 spiro atoms. The summed E-state index contributed by atoms with van der Waals surface area (Å²) in [6.07, 6.45) is 3.76. The number of hydrogen-bond donors (Lipinski definition) is 1. The monoisotopic (exact) mass is 313 g/mol. The fourth-order valence-electron chi connectivity index (χ4n) is 3.18. The molecular formula is C19H20ClNO. The second-order valence-corrected chi connectivity index (χ2v) is 6.24. The van der Waals surface area contributed by atoms with Crippen molar-refractivity contribution in [2.24, 2.45) is 5.92 Å². The second-order valence-electron chi connectivity index (χ2n) is 5.83. The zero-order valence-corrected chi connectivity index (χ0v) is 13.2. The number of anilines is 1. The zero-order chi connectivity index (χ0) is 15.4. The lowest BCUT2D eigenvalue weighted by Gasteiger charge is -2.31. The summed E-state index contributed by atoms with van der Waals surface area (Å²) in [5.74, 6) is 0.382. The zero-order valence-electron chi connectivity index (χ0n) is 12.5. The van der Waals surface area contributed by atoms with Crippen LogP contribution in [0.5, 0.6) is 0 Å². The average Bonchev–Trinajstić information content (AvgIpc) is 2.56. The highest BCUT2D eigenvalue weighted by molar-refractivity contribution is 6.33. The van der Waals surface area contributed by atoms with E-state index in [1.807, 2.05) is 42.5 Å². The molecule has 22 heavy (non-hydrogen) atoms. The topological polar surface area (TPSA) is 29.1 Å². The Morgan fingerprint density at radius 2 is 1.73 bits per heavy atom. The Kier molecular flexibility index (Phi) is 4.79. The third-order valence-electron chi connectivity index (χ3n) is 4.35. The van der Waals surface area contributed by atoms with E-state index in [1.54, 1.807) is 0 Å². The van der Waals surface area contributed by atoms with Crippen LogP contribution in [0.3, 0.4) is 0 Å². The predicted molar refractivity (Wildman–Crippen MR) is 91.2 cm³/mol. The molecule has 2 nitrogen and oxygen atoms in total. The summed E-state index contributed by atoms with van der Waals surface area (Å²) in [7, 11) is 0. The van der Waals surface area contributed by atoms with E-state index in [9.17, 15) is 4.79 Å². The molecule has 1 aliphatic carbocycles. The first-order valence-corrected chi connectivity index (χ1v) is 8.22. The standard InChI is InChI=1S/C19H20ClNO/c20-16-11-5-6-12-17(16)21-19(14-8-2-1-3-9-14)15-10-4-7-13-18(15)22/h1-3,5-6,8-9,11-12,15,19,21H,4,7,10,13H2/t15-,19+/m1/s1. The highest BCUT2D eigenvalue weighted by Crippen LogP contribution is 2.36. The van der Waals surface area contributed by atoms with Crippen LogP contribution in [0.1, 0.15) is 37.3 Å². The molecule has 0 heterocycles. The number of Topliss-reactive ketones (excluding diaryl/α,β-unsaturated/α-hetero) is 1. The molecule has 0 amide bonds. The van der Waals surface area contributed by atoms with Gasteiger partial charge in [0.1, 0.15) is 5.78 Å². The molecule has 2 aromatic carbocycles. The normalized spacial score (nSPS) is 19.7. The van der Waals surface area contributed by atoms with Gasteiger partial charge in [-0.25, -0.2) is 0 Å². The summed E-state index contributed by atoms with van der Waals surface area (Å²) < 4.78 is 0. The lowest BCUT2D eigenvalue weighted by atomic mass is 9.80. The molecule has 0 bridgehead atoms. The quantitative estimate of drug-likeness (QED) is 0.835. The van der Waals surface area contributed by atoms with Crippen LogP contribution >= 0.6 is 11.6 Å². The summed E-state index contributed by atoms with van der Waals surface area (Å²) in [5.41, 5.74) is 2.03. The second kappa shape index (κ2) is 6.97. The van der Waals surface area contributed by atoms with Crippen molar-refractivity contribution in [3.05, 3.63) is 65.2 Å². The van der Waals surface area contributed by atoms with Crippen molar-refractivity contribution in [3.63, 3.8) is 0 Å². The lowest BCUT2D eigenvalue weighted by molar-refractivity contribution is -0.125. The Bertz CT molecular complexity index is 641. The van der Waals surface area contributed by atoms with E-state index in [0.717, 1.165) is 30.5 Å². The van der Waals surface area contributed by atoms with Crippen LogP contribution < -0.4 is 5.32 Å². The minimum atomic E-state index is -0.0195. The van der Waals surface area contributed by atoms with E-state index < -0.39 is 0 Å². The van der Waals surface area contributed by atoms with Crippen molar-refractivity contribution in [2.75, 3.05) is 5.32 Å². The van der Waals surface area contributed by atoms with Crippen LogP contribution in [0.4, 0.5) is 5.69 Å². The Morgan fingerprint density at radius 1 is 1.00 bits per heavy atom. The smallest absolute Gasteiger partial charge is 0.138 e. The maximum Gasteiger partial charge on any atom is 0.138 e. The molecule has 1 aliphatic rings. The first kappa shape index (κ1) is 15.1. The van der Waals surface area contributed by atoms with E-state index in [4.69, 9.17) is 11.6 Å². The Hall–Kier alpha value is -1.80. The maximum absolute atomic E-state index is 12.4. The Morgan fingerprint density at radius 3 is 2.45 bits per heavy atom. The molecule has 3 heteroatoms. The van der Waals surface area contributed by atoms with Crippen LogP contribution in [0, 0.1) is 5.92 Å². The van der Waals surface area contributed by atoms with Crippen molar-refractivity contribution in [2.45, 2.75) is 31.7 Å². The SMILES string of the molecule is O=C1CCCC[C@H]1[C@@H](Nc1ccccc1Cl)c1ccccc1. The first-order valence-electron chi connectivity index (χ1n) is 7.84. The number of rotatable bonds is 4. The van der Waals surface area contributed by atoms with E-state index in [0.29, 0.717) is 17.2 Å². The van der Waals surface area contributed by atoms with Crippen LogP contribution in [0.2, 0.25) is 5.02 Å². The van der Waals surface area contributed by atoms with Crippen molar-refractivity contribution < 1.29 is 4.79 Å². The molecule has 1 saturated carbocycles. The summed E-state index contributed by atoms with van der Waals surface area (Å²) in [6.45, 7) is 0. The van der Waals surface area contributed by atoms with Gasteiger partial charge in [0.2, 0.25) is 0 Å². The molecule has 114 valence electrons. The molecule has 0 aromatic heterocycles. The van der Waals surface area contributed by atoms with Crippen LogP contribution in [-0.2, 0) is 4.79 Å².